The van der Waals surface area contributed by atoms with E-state index in [0.717, 1.165) is 23.7 Å². The van der Waals surface area contributed by atoms with Crippen molar-refractivity contribution in [1.82, 2.24) is 4.98 Å². The van der Waals surface area contributed by atoms with E-state index < -0.39 is 12.0 Å². The number of carbonyl (C=O) groups is 1. The molecule has 0 radical (unpaired) electrons. The van der Waals surface area contributed by atoms with Gasteiger partial charge in [-0.15, -0.1) is 0 Å². The number of aliphatic carboxylic acids is 1. The zero-order valence-electron chi connectivity index (χ0n) is 11.0. The van der Waals surface area contributed by atoms with Crippen LogP contribution in [-0.2, 0) is 4.79 Å². The number of unbranched alkanes of at least 4 members (excludes halogenated alkanes) is 1. The third-order valence-corrected chi connectivity index (χ3v) is 3.06. The number of hydrogen-bond donors (Lipinski definition) is 2. The normalized spacial score (nSPS) is 12.3. The number of nitrogens with one attached hydrogen (secondary N) is 1. The average molecular weight is 258 g/mol. The molecule has 1 aromatic carbocycles. The fourth-order valence-corrected chi connectivity index (χ4v) is 1.99. The van der Waals surface area contributed by atoms with Gasteiger partial charge in [-0.3, -0.25) is 0 Å². The van der Waals surface area contributed by atoms with Crippen molar-refractivity contribution in [2.24, 2.45) is 0 Å². The van der Waals surface area contributed by atoms with Gasteiger partial charge < -0.3 is 10.4 Å². The molecule has 1 atom stereocenters. The van der Waals surface area contributed by atoms with Gasteiger partial charge in [0.1, 0.15) is 11.9 Å². The number of carboxylic acid groups (broad SMARTS) is 1. The molecule has 0 aliphatic carbocycles. The minimum absolute atomic E-state index is 0.575. The van der Waals surface area contributed by atoms with Crippen molar-refractivity contribution >= 4 is 22.7 Å². The van der Waals surface area contributed by atoms with Gasteiger partial charge in [-0.2, -0.15) is 0 Å². The van der Waals surface area contributed by atoms with Crippen molar-refractivity contribution in [3.05, 3.63) is 36.4 Å². The lowest BCUT2D eigenvalue weighted by Crippen LogP contribution is -2.29. The standard InChI is InChI=1S/C15H18N2O2/c1-2-3-7-13(15(18)19)17-14-10-9-11-6-4-5-8-12(11)16-14/h4-6,8-10,13H,2-3,7H2,1H3,(H,16,17)(H,18,19). The first-order valence-corrected chi connectivity index (χ1v) is 6.56. The number of aromatic nitrogens is 1. The molecule has 0 fully saturated rings. The summed E-state index contributed by atoms with van der Waals surface area (Å²) in [4.78, 5) is 15.6. The number of para-hydroxylation sites is 1. The van der Waals surface area contributed by atoms with Crippen LogP contribution in [0.3, 0.4) is 0 Å². The topological polar surface area (TPSA) is 62.2 Å². The Labute approximate surface area is 112 Å². The summed E-state index contributed by atoms with van der Waals surface area (Å²) in [6.07, 6.45) is 2.48. The molecule has 2 N–H and O–H groups in total. The van der Waals surface area contributed by atoms with Gasteiger partial charge in [0.15, 0.2) is 0 Å². The number of fused-ring (bicyclic) bond motifs is 1. The van der Waals surface area contributed by atoms with E-state index >= 15 is 0 Å². The maximum atomic E-state index is 11.2. The van der Waals surface area contributed by atoms with Crippen LogP contribution in [0.1, 0.15) is 26.2 Å². The zero-order valence-corrected chi connectivity index (χ0v) is 11.0. The van der Waals surface area contributed by atoms with E-state index in [0.29, 0.717) is 12.2 Å². The lowest BCUT2D eigenvalue weighted by atomic mass is 10.1. The van der Waals surface area contributed by atoms with Crippen LogP contribution in [0.5, 0.6) is 0 Å². The quantitative estimate of drug-likeness (QED) is 0.834. The van der Waals surface area contributed by atoms with Crippen molar-refractivity contribution < 1.29 is 9.90 Å². The highest BCUT2D eigenvalue weighted by molar-refractivity contribution is 5.81. The molecule has 100 valence electrons. The van der Waals surface area contributed by atoms with Crippen molar-refractivity contribution in [3.63, 3.8) is 0 Å². The molecule has 0 saturated heterocycles. The average Bonchev–Trinajstić information content (AvgIpc) is 2.43. The van der Waals surface area contributed by atoms with E-state index in [1.807, 2.05) is 43.3 Å². The summed E-state index contributed by atoms with van der Waals surface area (Å²) >= 11 is 0. The Morgan fingerprint density at radius 1 is 1.32 bits per heavy atom. The molecule has 0 amide bonds. The molecular weight excluding hydrogens is 240 g/mol. The summed E-state index contributed by atoms with van der Waals surface area (Å²) < 4.78 is 0. The van der Waals surface area contributed by atoms with E-state index in [1.54, 1.807) is 0 Å². The predicted molar refractivity (Wildman–Crippen MR) is 76.3 cm³/mol. The summed E-state index contributed by atoms with van der Waals surface area (Å²) in [6.45, 7) is 2.05. The van der Waals surface area contributed by atoms with E-state index in [2.05, 4.69) is 10.3 Å². The first kappa shape index (κ1) is 13.3. The summed E-state index contributed by atoms with van der Waals surface area (Å²) in [5.74, 6) is -0.217. The molecule has 1 heterocycles. The number of rotatable bonds is 6. The summed E-state index contributed by atoms with van der Waals surface area (Å²) in [5, 5.41) is 13.2. The molecule has 2 rings (SSSR count). The molecule has 0 bridgehead atoms. The van der Waals surface area contributed by atoms with Gasteiger partial charge >= 0.3 is 5.97 Å². The molecule has 0 aliphatic heterocycles. The highest BCUT2D eigenvalue weighted by Gasteiger charge is 2.16. The van der Waals surface area contributed by atoms with Gasteiger partial charge in [0.05, 0.1) is 5.52 Å². The first-order valence-electron chi connectivity index (χ1n) is 6.56. The number of carboxylic acids is 1. The first-order chi connectivity index (χ1) is 9.20. The van der Waals surface area contributed by atoms with E-state index in [1.165, 1.54) is 0 Å². The van der Waals surface area contributed by atoms with E-state index in [9.17, 15) is 9.90 Å². The second-order valence-corrected chi connectivity index (χ2v) is 4.57. The van der Waals surface area contributed by atoms with Crippen LogP contribution in [0.25, 0.3) is 10.9 Å². The van der Waals surface area contributed by atoms with Crippen LogP contribution in [0.4, 0.5) is 5.82 Å². The Morgan fingerprint density at radius 2 is 2.11 bits per heavy atom. The maximum Gasteiger partial charge on any atom is 0.326 e. The molecular formula is C15H18N2O2. The second kappa shape index (κ2) is 6.18. The fourth-order valence-electron chi connectivity index (χ4n) is 1.99. The summed E-state index contributed by atoms with van der Waals surface area (Å²) in [7, 11) is 0. The molecule has 4 heteroatoms. The fraction of sp³-hybridized carbons (Fsp3) is 0.333. The Morgan fingerprint density at radius 3 is 2.84 bits per heavy atom. The van der Waals surface area contributed by atoms with Gasteiger partial charge in [-0.25, -0.2) is 9.78 Å². The van der Waals surface area contributed by atoms with Crippen LogP contribution < -0.4 is 5.32 Å². The van der Waals surface area contributed by atoms with Crippen LogP contribution in [0.15, 0.2) is 36.4 Å². The van der Waals surface area contributed by atoms with Crippen LogP contribution >= 0.6 is 0 Å². The van der Waals surface area contributed by atoms with Gasteiger partial charge in [-0.05, 0) is 24.6 Å². The zero-order chi connectivity index (χ0) is 13.7. The Balaban J connectivity index is 2.16. The van der Waals surface area contributed by atoms with Crippen LogP contribution in [-0.4, -0.2) is 22.1 Å². The molecule has 0 spiro atoms. The number of pyridine rings is 1. The summed E-state index contributed by atoms with van der Waals surface area (Å²) in [6, 6.07) is 11.0. The third kappa shape index (κ3) is 3.44. The number of hydrogen-bond acceptors (Lipinski definition) is 3. The van der Waals surface area contributed by atoms with Gasteiger partial charge in [-0.1, -0.05) is 38.0 Å². The molecule has 2 aromatic rings. The molecule has 4 nitrogen and oxygen atoms in total. The van der Waals surface area contributed by atoms with Gasteiger partial charge in [0.25, 0.3) is 0 Å². The molecule has 0 saturated carbocycles. The Hall–Kier alpha value is -2.10. The van der Waals surface area contributed by atoms with Crippen LogP contribution in [0.2, 0.25) is 0 Å². The second-order valence-electron chi connectivity index (χ2n) is 4.57. The maximum absolute atomic E-state index is 11.2. The predicted octanol–water partition coefficient (Wildman–Crippen LogP) is 3.29. The number of anilines is 1. The Kier molecular flexibility index (Phi) is 4.34. The van der Waals surface area contributed by atoms with E-state index in [4.69, 9.17) is 0 Å². The lowest BCUT2D eigenvalue weighted by Gasteiger charge is -2.14. The third-order valence-electron chi connectivity index (χ3n) is 3.06. The van der Waals surface area contributed by atoms with Gasteiger partial charge in [0.2, 0.25) is 0 Å². The van der Waals surface area contributed by atoms with Crippen molar-refractivity contribution in [2.45, 2.75) is 32.2 Å². The molecule has 0 aliphatic rings. The largest absolute Gasteiger partial charge is 0.480 e. The van der Waals surface area contributed by atoms with E-state index in [-0.39, 0.29) is 0 Å². The van der Waals surface area contributed by atoms with Crippen molar-refractivity contribution in [3.8, 4) is 0 Å². The number of benzene rings is 1. The monoisotopic (exact) mass is 258 g/mol. The van der Waals surface area contributed by atoms with Crippen LogP contribution in [0, 0.1) is 0 Å². The van der Waals surface area contributed by atoms with Crippen molar-refractivity contribution in [2.75, 3.05) is 5.32 Å². The Bertz CT molecular complexity index is 569. The highest BCUT2D eigenvalue weighted by atomic mass is 16.4. The smallest absolute Gasteiger partial charge is 0.326 e. The highest BCUT2D eigenvalue weighted by Crippen LogP contribution is 2.16. The SMILES string of the molecule is CCCCC(Nc1ccc2ccccc2n1)C(=O)O. The minimum Gasteiger partial charge on any atom is -0.480 e. The van der Waals surface area contributed by atoms with Crippen molar-refractivity contribution in [1.29, 1.82) is 0 Å². The van der Waals surface area contributed by atoms with Gasteiger partial charge in [0, 0.05) is 5.39 Å². The number of nitrogens with zero attached hydrogens (tertiary/aromatic N) is 1. The lowest BCUT2D eigenvalue weighted by molar-refractivity contribution is -0.138. The molecule has 1 aromatic heterocycles. The molecule has 1 unspecified atom stereocenters. The molecule has 19 heavy (non-hydrogen) atoms. The summed E-state index contributed by atoms with van der Waals surface area (Å²) in [5.41, 5.74) is 0.868. The minimum atomic E-state index is -0.830.